The Kier molecular flexibility index (Phi) is 12.8. The largest absolute Gasteiger partial charge is 0.497 e. The Morgan fingerprint density at radius 1 is 0.927 bits per heavy atom. The van der Waals surface area contributed by atoms with Gasteiger partial charge in [-0.3, -0.25) is 14.5 Å². The molecular formula is C33H48N2O6. The quantitative estimate of drug-likeness (QED) is 0.266. The Balaban J connectivity index is 0.00000226. The van der Waals surface area contributed by atoms with Crippen molar-refractivity contribution < 1.29 is 28.5 Å². The van der Waals surface area contributed by atoms with Gasteiger partial charge in [0.1, 0.15) is 5.75 Å². The van der Waals surface area contributed by atoms with E-state index in [1.807, 2.05) is 68.1 Å². The van der Waals surface area contributed by atoms with Crippen LogP contribution in [0.3, 0.4) is 0 Å². The highest BCUT2D eigenvalue weighted by molar-refractivity contribution is 5.80. The minimum absolute atomic E-state index is 0.101. The molecule has 0 radical (unpaired) electrons. The van der Waals surface area contributed by atoms with Crippen LogP contribution in [-0.2, 0) is 14.3 Å². The van der Waals surface area contributed by atoms with Crippen molar-refractivity contribution in [3.8, 4) is 17.2 Å². The molecular weight excluding hydrogens is 520 g/mol. The zero-order valence-electron chi connectivity index (χ0n) is 25.7. The smallest absolute Gasteiger partial charge is 0.311 e. The molecule has 0 aliphatic carbocycles. The molecule has 41 heavy (non-hydrogen) atoms. The molecule has 0 aromatic heterocycles. The van der Waals surface area contributed by atoms with E-state index in [4.69, 9.17) is 18.9 Å². The summed E-state index contributed by atoms with van der Waals surface area (Å²) in [5.41, 5.74) is 1.93. The van der Waals surface area contributed by atoms with Crippen LogP contribution >= 0.6 is 0 Å². The number of nitrogens with zero attached hydrogens (tertiary/aromatic N) is 2. The van der Waals surface area contributed by atoms with Gasteiger partial charge in [0.05, 0.1) is 26.2 Å². The van der Waals surface area contributed by atoms with E-state index in [0.717, 1.165) is 55.6 Å². The second-order valence-corrected chi connectivity index (χ2v) is 10.2. The van der Waals surface area contributed by atoms with Gasteiger partial charge in [0.15, 0.2) is 11.5 Å². The van der Waals surface area contributed by atoms with Gasteiger partial charge in [0, 0.05) is 31.6 Å². The molecule has 1 fully saturated rings. The third-order valence-electron chi connectivity index (χ3n) is 7.69. The van der Waals surface area contributed by atoms with Crippen LogP contribution in [0.4, 0.5) is 0 Å². The van der Waals surface area contributed by atoms with Gasteiger partial charge < -0.3 is 23.8 Å². The lowest BCUT2D eigenvalue weighted by Crippen LogP contribution is -2.42. The summed E-state index contributed by atoms with van der Waals surface area (Å²) in [7, 11) is 1.63. The lowest BCUT2D eigenvalue weighted by molar-refractivity contribution is -0.150. The molecule has 3 unspecified atom stereocenters. The van der Waals surface area contributed by atoms with Gasteiger partial charge in [-0.25, -0.2) is 0 Å². The lowest BCUT2D eigenvalue weighted by Gasteiger charge is -2.30. The summed E-state index contributed by atoms with van der Waals surface area (Å²) >= 11 is 0. The minimum Gasteiger partial charge on any atom is -0.497 e. The summed E-state index contributed by atoms with van der Waals surface area (Å²) in [6.07, 6.45) is 4.02. The topological polar surface area (TPSA) is 77.5 Å². The van der Waals surface area contributed by atoms with Crippen molar-refractivity contribution in [2.45, 2.75) is 72.3 Å². The third kappa shape index (κ3) is 7.94. The molecule has 2 aliphatic heterocycles. The van der Waals surface area contributed by atoms with Crippen LogP contribution in [0, 0.1) is 5.92 Å². The number of carbonyl (C=O) groups is 2. The Morgan fingerprint density at radius 2 is 1.56 bits per heavy atom. The van der Waals surface area contributed by atoms with Crippen LogP contribution in [0.2, 0.25) is 0 Å². The first-order chi connectivity index (χ1) is 20.0. The number of unbranched alkanes of at least 4 members (excludes halogenated alkanes) is 2. The molecule has 0 spiro atoms. The molecule has 2 heterocycles. The first-order valence-corrected chi connectivity index (χ1v) is 15.2. The number of ether oxygens (including phenoxy) is 4. The van der Waals surface area contributed by atoms with Gasteiger partial charge in [0.2, 0.25) is 12.7 Å². The normalized spacial score (nSPS) is 19.3. The molecule has 0 saturated carbocycles. The van der Waals surface area contributed by atoms with E-state index in [-0.39, 0.29) is 37.2 Å². The summed E-state index contributed by atoms with van der Waals surface area (Å²) in [4.78, 5) is 31.4. The molecule has 2 aromatic rings. The number of rotatable bonds is 13. The van der Waals surface area contributed by atoms with Gasteiger partial charge in [-0.2, -0.15) is 0 Å². The number of benzene rings is 2. The number of amides is 1. The van der Waals surface area contributed by atoms with Crippen LogP contribution < -0.4 is 14.2 Å². The molecule has 8 heteroatoms. The number of likely N-dealkylation sites (tertiary alicyclic amines) is 1. The molecule has 4 rings (SSSR count). The number of hydrogen-bond donors (Lipinski definition) is 0. The van der Waals surface area contributed by atoms with E-state index in [1.165, 1.54) is 0 Å². The van der Waals surface area contributed by atoms with Crippen molar-refractivity contribution in [1.29, 1.82) is 0 Å². The molecule has 2 aliphatic rings. The van der Waals surface area contributed by atoms with Crippen LogP contribution in [0.15, 0.2) is 42.5 Å². The number of carbonyl (C=O) groups excluding carboxylic acids is 2. The fourth-order valence-corrected chi connectivity index (χ4v) is 5.63. The molecule has 1 saturated heterocycles. The van der Waals surface area contributed by atoms with Crippen LogP contribution in [0.1, 0.15) is 83.4 Å². The highest BCUT2D eigenvalue weighted by Gasteiger charge is 2.49. The van der Waals surface area contributed by atoms with Crippen molar-refractivity contribution in [2.24, 2.45) is 5.92 Å². The van der Waals surface area contributed by atoms with Gasteiger partial charge in [-0.1, -0.05) is 58.7 Å². The fourth-order valence-electron chi connectivity index (χ4n) is 5.63. The van der Waals surface area contributed by atoms with Gasteiger partial charge in [0.25, 0.3) is 0 Å². The second kappa shape index (κ2) is 16.2. The Hall–Kier alpha value is -3.26. The summed E-state index contributed by atoms with van der Waals surface area (Å²) < 4.78 is 22.2. The molecule has 0 N–H and O–H groups in total. The predicted octanol–water partition coefficient (Wildman–Crippen LogP) is 6.20. The van der Waals surface area contributed by atoms with E-state index < -0.39 is 5.92 Å². The highest BCUT2D eigenvalue weighted by atomic mass is 16.7. The summed E-state index contributed by atoms with van der Waals surface area (Å²) in [6.45, 7) is 12.9. The maximum absolute atomic E-state index is 13.7. The molecule has 1 amide bonds. The predicted molar refractivity (Wildman–Crippen MR) is 160 cm³/mol. The van der Waals surface area contributed by atoms with Crippen molar-refractivity contribution in [2.75, 3.05) is 46.7 Å². The van der Waals surface area contributed by atoms with E-state index in [0.29, 0.717) is 24.7 Å². The Morgan fingerprint density at radius 3 is 2.17 bits per heavy atom. The standard InChI is InChI=1S/C31H42N2O6.C2H6/c1-5-8-16-32(17-9-6-2)28(34)20-33-19-25(23-12-15-26-27(18-23)39-21-38-26)29(31(35)37-7-3)30(33)22-10-13-24(36-4)14-11-22;1-2/h10-15,18,25,29-30H,5-9,16-17,19-21H2,1-4H3;1-2H3. The Bertz CT molecular complexity index is 1100. The first-order valence-electron chi connectivity index (χ1n) is 15.2. The molecule has 3 atom stereocenters. The lowest BCUT2D eigenvalue weighted by atomic mass is 9.82. The zero-order valence-corrected chi connectivity index (χ0v) is 25.7. The molecule has 8 nitrogen and oxygen atoms in total. The highest BCUT2D eigenvalue weighted by Crippen LogP contribution is 2.48. The summed E-state index contributed by atoms with van der Waals surface area (Å²) in [5, 5.41) is 0. The van der Waals surface area contributed by atoms with E-state index in [1.54, 1.807) is 7.11 Å². The number of fused-ring (bicyclic) bond motifs is 1. The number of esters is 1. The number of methoxy groups -OCH3 is 1. The van der Waals surface area contributed by atoms with Crippen LogP contribution in [0.25, 0.3) is 0 Å². The second-order valence-electron chi connectivity index (χ2n) is 10.2. The van der Waals surface area contributed by atoms with E-state index >= 15 is 0 Å². The third-order valence-corrected chi connectivity index (χ3v) is 7.69. The van der Waals surface area contributed by atoms with Crippen molar-refractivity contribution in [3.63, 3.8) is 0 Å². The molecule has 2 aromatic carbocycles. The SMILES string of the molecule is CC.CCCCN(CCCC)C(=O)CN1CC(c2ccc3c(c2)OCO3)C(C(=O)OCC)C1c1ccc(OC)cc1. The molecule has 0 bridgehead atoms. The maximum Gasteiger partial charge on any atom is 0.311 e. The minimum atomic E-state index is -0.494. The molecule has 226 valence electrons. The fraction of sp³-hybridized carbons (Fsp3) is 0.576. The monoisotopic (exact) mass is 568 g/mol. The zero-order chi connectivity index (χ0) is 29.8. The van der Waals surface area contributed by atoms with Crippen LogP contribution in [-0.4, -0.2) is 68.4 Å². The van der Waals surface area contributed by atoms with Crippen molar-refractivity contribution in [1.82, 2.24) is 9.80 Å². The summed E-state index contributed by atoms with van der Waals surface area (Å²) in [5.74, 6) is 1.28. The van der Waals surface area contributed by atoms with Crippen molar-refractivity contribution in [3.05, 3.63) is 53.6 Å². The van der Waals surface area contributed by atoms with E-state index in [2.05, 4.69) is 18.7 Å². The first kappa shape index (κ1) is 32.3. The average Bonchev–Trinajstić information content (AvgIpc) is 3.63. The summed E-state index contributed by atoms with van der Waals surface area (Å²) in [6, 6.07) is 13.3. The maximum atomic E-state index is 13.7. The van der Waals surface area contributed by atoms with Crippen molar-refractivity contribution >= 4 is 11.9 Å². The van der Waals surface area contributed by atoms with E-state index in [9.17, 15) is 9.59 Å². The van der Waals surface area contributed by atoms with Gasteiger partial charge in [-0.05, 0) is 55.2 Å². The van der Waals surface area contributed by atoms with Crippen LogP contribution in [0.5, 0.6) is 17.2 Å². The van der Waals surface area contributed by atoms with Gasteiger partial charge >= 0.3 is 5.97 Å². The average molecular weight is 569 g/mol. The number of hydrogen-bond acceptors (Lipinski definition) is 7. The Labute approximate surface area is 245 Å². The van der Waals surface area contributed by atoms with Gasteiger partial charge in [-0.15, -0.1) is 0 Å².